The third-order valence-corrected chi connectivity index (χ3v) is 5.97. The fraction of sp³-hybridized carbons (Fsp3) is 0.636. The lowest BCUT2D eigenvalue weighted by atomic mass is 9.79. The predicted molar refractivity (Wildman–Crippen MR) is 109 cm³/mol. The minimum atomic E-state index is -0.206. The van der Waals surface area contributed by atoms with E-state index in [1.165, 1.54) is 19.3 Å². The van der Waals surface area contributed by atoms with E-state index < -0.39 is 0 Å². The second-order valence-corrected chi connectivity index (χ2v) is 8.22. The zero-order valence-electron chi connectivity index (χ0n) is 17.2. The van der Waals surface area contributed by atoms with Crippen LogP contribution in [-0.4, -0.2) is 61.6 Å². The van der Waals surface area contributed by atoms with E-state index in [4.69, 9.17) is 4.74 Å². The minimum absolute atomic E-state index is 0.00497. The van der Waals surface area contributed by atoms with Crippen LogP contribution in [0.4, 0.5) is 0 Å². The molecule has 0 bridgehead atoms. The van der Waals surface area contributed by atoms with Gasteiger partial charge in [-0.05, 0) is 38.8 Å². The molecule has 1 aliphatic heterocycles. The Morgan fingerprint density at radius 2 is 1.64 bits per heavy atom. The Labute approximate surface area is 168 Å². The summed E-state index contributed by atoms with van der Waals surface area (Å²) in [5, 5.41) is 5.83. The van der Waals surface area contributed by atoms with Gasteiger partial charge in [-0.1, -0.05) is 36.5 Å². The van der Waals surface area contributed by atoms with Gasteiger partial charge >= 0.3 is 0 Å². The molecule has 0 spiro atoms. The minimum Gasteiger partial charge on any atom is -0.379 e. The first kappa shape index (κ1) is 20.8. The van der Waals surface area contributed by atoms with Gasteiger partial charge in [0, 0.05) is 30.7 Å². The quantitative estimate of drug-likeness (QED) is 0.785. The van der Waals surface area contributed by atoms with Gasteiger partial charge in [-0.3, -0.25) is 14.5 Å². The van der Waals surface area contributed by atoms with Crippen molar-refractivity contribution < 1.29 is 14.3 Å². The van der Waals surface area contributed by atoms with E-state index in [2.05, 4.69) is 15.5 Å². The number of nitrogens with zero attached hydrogens (tertiary/aromatic N) is 1. The van der Waals surface area contributed by atoms with Gasteiger partial charge in [0.1, 0.15) is 0 Å². The standard InChI is InChI=1S/C22H33N3O3/c1-17-12-18(2)14-19(13-17)21(27)23-15-20(26)24-16-22(6-4-3-5-7-22)25-8-10-28-11-9-25/h12-14H,3-11,15-16H2,1-2H3,(H,23,27)(H,24,26). The number of ether oxygens (including phenoxy) is 1. The molecule has 0 unspecified atom stereocenters. The number of aryl methyl sites for hydroxylation is 2. The molecule has 28 heavy (non-hydrogen) atoms. The van der Waals surface area contributed by atoms with Crippen molar-refractivity contribution in [1.29, 1.82) is 0 Å². The molecule has 1 saturated heterocycles. The van der Waals surface area contributed by atoms with Gasteiger partial charge in [-0.25, -0.2) is 0 Å². The molecule has 2 fully saturated rings. The number of rotatable bonds is 6. The van der Waals surface area contributed by atoms with E-state index in [1.807, 2.05) is 32.0 Å². The summed E-state index contributed by atoms with van der Waals surface area (Å²) in [4.78, 5) is 27.3. The summed E-state index contributed by atoms with van der Waals surface area (Å²) in [7, 11) is 0. The van der Waals surface area contributed by atoms with Crippen LogP contribution in [0.1, 0.15) is 53.6 Å². The largest absolute Gasteiger partial charge is 0.379 e. The smallest absolute Gasteiger partial charge is 0.251 e. The fourth-order valence-corrected chi connectivity index (χ4v) is 4.55. The SMILES string of the molecule is Cc1cc(C)cc(C(=O)NCC(=O)NCC2(N3CCOCC3)CCCCC2)c1. The number of carbonyl (C=O) groups is 2. The number of benzene rings is 1. The van der Waals surface area contributed by atoms with E-state index in [0.717, 1.165) is 50.3 Å². The Balaban J connectivity index is 1.52. The van der Waals surface area contributed by atoms with Crippen LogP contribution in [0.3, 0.4) is 0 Å². The summed E-state index contributed by atoms with van der Waals surface area (Å²) in [6, 6.07) is 5.71. The van der Waals surface area contributed by atoms with Crippen molar-refractivity contribution in [3.63, 3.8) is 0 Å². The summed E-state index contributed by atoms with van der Waals surface area (Å²) in [6.07, 6.45) is 5.91. The number of nitrogens with one attached hydrogen (secondary N) is 2. The van der Waals surface area contributed by atoms with E-state index in [0.29, 0.717) is 12.1 Å². The van der Waals surface area contributed by atoms with Crippen molar-refractivity contribution in [2.45, 2.75) is 51.5 Å². The summed E-state index contributed by atoms with van der Waals surface area (Å²) < 4.78 is 5.51. The maximum absolute atomic E-state index is 12.4. The van der Waals surface area contributed by atoms with Crippen LogP contribution >= 0.6 is 0 Å². The van der Waals surface area contributed by atoms with E-state index in [-0.39, 0.29) is 23.9 Å². The second kappa shape index (κ2) is 9.52. The number of morpholine rings is 1. The molecule has 0 atom stereocenters. The molecule has 2 N–H and O–H groups in total. The first-order chi connectivity index (χ1) is 13.5. The number of carbonyl (C=O) groups excluding carboxylic acids is 2. The molecule has 0 radical (unpaired) electrons. The van der Waals surface area contributed by atoms with Gasteiger partial charge in [0.15, 0.2) is 0 Å². The van der Waals surface area contributed by atoms with Crippen molar-refractivity contribution in [2.75, 3.05) is 39.4 Å². The molecule has 6 nitrogen and oxygen atoms in total. The second-order valence-electron chi connectivity index (χ2n) is 8.22. The lowest BCUT2D eigenvalue weighted by molar-refractivity contribution is -0.121. The average Bonchev–Trinajstić information content (AvgIpc) is 2.71. The van der Waals surface area contributed by atoms with E-state index in [9.17, 15) is 9.59 Å². The van der Waals surface area contributed by atoms with Crippen molar-refractivity contribution in [3.05, 3.63) is 34.9 Å². The van der Waals surface area contributed by atoms with Crippen LogP contribution in [0.5, 0.6) is 0 Å². The Bertz CT molecular complexity index is 672. The monoisotopic (exact) mass is 387 g/mol. The van der Waals surface area contributed by atoms with Crippen molar-refractivity contribution in [1.82, 2.24) is 15.5 Å². The van der Waals surface area contributed by atoms with Crippen molar-refractivity contribution >= 4 is 11.8 Å². The van der Waals surface area contributed by atoms with Crippen LogP contribution < -0.4 is 10.6 Å². The van der Waals surface area contributed by atoms with Crippen LogP contribution in [0, 0.1) is 13.8 Å². The summed E-state index contributed by atoms with van der Waals surface area (Å²) >= 11 is 0. The van der Waals surface area contributed by atoms with E-state index >= 15 is 0 Å². The maximum atomic E-state index is 12.4. The highest BCUT2D eigenvalue weighted by molar-refractivity contribution is 5.96. The molecular formula is C22H33N3O3. The first-order valence-corrected chi connectivity index (χ1v) is 10.4. The molecule has 1 saturated carbocycles. The molecule has 1 aromatic rings. The summed E-state index contributed by atoms with van der Waals surface area (Å²) in [5.74, 6) is -0.335. The maximum Gasteiger partial charge on any atom is 0.251 e. The highest BCUT2D eigenvalue weighted by Gasteiger charge is 2.38. The molecule has 2 amide bonds. The average molecular weight is 388 g/mol. The number of amides is 2. The van der Waals surface area contributed by atoms with Gasteiger partial charge < -0.3 is 15.4 Å². The highest BCUT2D eigenvalue weighted by Crippen LogP contribution is 2.33. The van der Waals surface area contributed by atoms with Crippen LogP contribution in [0.2, 0.25) is 0 Å². The van der Waals surface area contributed by atoms with Gasteiger partial charge in [-0.15, -0.1) is 0 Å². The lowest BCUT2D eigenvalue weighted by Gasteiger charge is -2.48. The molecule has 3 rings (SSSR count). The van der Waals surface area contributed by atoms with Gasteiger partial charge in [0.25, 0.3) is 5.91 Å². The van der Waals surface area contributed by atoms with Gasteiger partial charge in [-0.2, -0.15) is 0 Å². The van der Waals surface area contributed by atoms with E-state index in [1.54, 1.807) is 0 Å². The summed E-state index contributed by atoms with van der Waals surface area (Å²) in [5.41, 5.74) is 2.72. The van der Waals surface area contributed by atoms with Crippen molar-refractivity contribution in [2.24, 2.45) is 0 Å². The molecular weight excluding hydrogens is 354 g/mol. The van der Waals surface area contributed by atoms with Crippen LogP contribution in [0.15, 0.2) is 18.2 Å². The molecule has 6 heteroatoms. The predicted octanol–water partition coefficient (Wildman–Crippen LogP) is 2.18. The first-order valence-electron chi connectivity index (χ1n) is 10.4. The normalized spacial score (nSPS) is 19.8. The molecule has 1 aromatic carbocycles. The molecule has 154 valence electrons. The van der Waals surface area contributed by atoms with Gasteiger partial charge in [0.05, 0.1) is 19.8 Å². The number of hydrogen-bond acceptors (Lipinski definition) is 4. The molecule has 0 aromatic heterocycles. The highest BCUT2D eigenvalue weighted by atomic mass is 16.5. The third-order valence-electron chi connectivity index (χ3n) is 5.97. The Morgan fingerprint density at radius 3 is 2.29 bits per heavy atom. The Hall–Kier alpha value is -1.92. The molecule has 1 heterocycles. The molecule has 2 aliphatic rings. The fourth-order valence-electron chi connectivity index (χ4n) is 4.55. The zero-order chi connectivity index (χ0) is 20.0. The summed E-state index contributed by atoms with van der Waals surface area (Å²) in [6.45, 7) is 7.97. The molecule has 1 aliphatic carbocycles. The zero-order valence-corrected chi connectivity index (χ0v) is 17.2. The topological polar surface area (TPSA) is 70.7 Å². The van der Waals surface area contributed by atoms with Gasteiger partial charge in [0.2, 0.25) is 5.91 Å². The lowest BCUT2D eigenvalue weighted by Crippen LogP contribution is -2.60. The third kappa shape index (κ3) is 5.32. The van der Waals surface area contributed by atoms with Crippen molar-refractivity contribution in [3.8, 4) is 0 Å². The van der Waals surface area contributed by atoms with Crippen LogP contribution in [-0.2, 0) is 9.53 Å². The Kier molecular flexibility index (Phi) is 7.08. The number of hydrogen-bond donors (Lipinski definition) is 2. The van der Waals surface area contributed by atoms with Crippen LogP contribution in [0.25, 0.3) is 0 Å². The Morgan fingerprint density at radius 1 is 1.00 bits per heavy atom.